The van der Waals surface area contributed by atoms with Gasteiger partial charge in [-0.25, -0.2) is 9.97 Å². The number of para-hydroxylation sites is 1. The summed E-state index contributed by atoms with van der Waals surface area (Å²) in [6.07, 6.45) is 0. The first kappa shape index (κ1) is 18.1. The molecule has 2 heterocycles. The second-order valence-corrected chi connectivity index (χ2v) is 6.11. The molecule has 5 N–H and O–H groups in total. The summed E-state index contributed by atoms with van der Waals surface area (Å²) in [7, 11) is 0. The number of rotatable bonds is 7. The van der Waals surface area contributed by atoms with E-state index in [4.69, 9.17) is 16.2 Å². The van der Waals surface area contributed by atoms with Gasteiger partial charge in [0.25, 0.3) is 0 Å². The van der Waals surface area contributed by atoms with E-state index in [0.29, 0.717) is 37.6 Å². The fraction of sp³-hybridized carbons (Fsp3) is 0.389. The van der Waals surface area contributed by atoms with E-state index in [-0.39, 0.29) is 5.91 Å². The maximum absolute atomic E-state index is 11.7. The third kappa shape index (κ3) is 3.47. The predicted molar refractivity (Wildman–Crippen MR) is 101 cm³/mol. The molecule has 1 aromatic carbocycles. The Morgan fingerprint density at radius 1 is 1.35 bits per heavy atom. The van der Waals surface area contributed by atoms with Crippen LogP contribution in [0.25, 0.3) is 21.9 Å². The monoisotopic (exact) mass is 356 g/mol. The van der Waals surface area contributed by atoms with Crippen LogP contribution in [0.5, 0.6) is 0 Å². The lowest BCUT2D eigenvalue weighted by atomic mass is 10.2. The Morgan fingerprint density at radius 2 is 2.12 bits per heavy atom. The van der Waals surface area contributed by atoms with Gasteiger partial charge < -0.3 is 26.1 Å². The molecule has 8 nitrogen and oxygen atoms in total. The first-order chi connectivity index (χ1) is 12.5. The zero-order valence-electron chi connectivity index (χ0n) is 15.0. The molecule has 0 saturated heterocycles. The molecule has 0 saturated carbocycles. The minimum Gasteiger partial charge on any atom is -0.382 e. The van der Waals surface area contributed by atoms with Crippen LogP contribution in [0.3, 0.4) is 0 Å². The van der Waals surface area contributed by atoms with Gasteiger partial charge in [0.15, 0.2) is 5.82 Å². The quantitative estimate of drug-likeness (QED) is 0.584. The van der Waals surface area contributed by atoms with E-state index >= 15 is 0 Å². The Hall–Kier alpha value is -2.71. The first-order valence-corrected chi connectivity index (χ1v) is 8.67. The highest BCUT2D eigenvalue weighted by Crippen LogP contribution is 2.28. The van der Waals surface area contributed by atoms with Crippen molar-refractivity contribution < 1.29 is 9.53 Å². The average Bonchev–Trinajstić information content (AvgIpc) is 2.99. The molecule has 26 heavy (non-hydrogen) atoms. The number of nitrogens with zero attached hydrogens (tertiary/aromatic N) is 3. The molecule has 8 heteroatoms. The van der Waals surface area contributed by atoms with Crippen LogP contribution in [-0.4, -0.2) is 39.6 Å². The average molecular weight is 356 g/mol. The van der Waals surface area contributed by atoms with Crippen LogP contribution in [-0.2, 0) is 22.7 Å². The number of carbonyl (C=O) groups excluding carboxylic acids is 1. The molecule has 0 radical (unpaired) electrons. The second kappa shape index (κ2) is 7.67. The topological polar surface area (TPSA) is 121 Å². The normalized spacial score (nSPS) is 12.6. The highest BCUT2D eigenvalue weighted by molar-refractivity contribution is 6.06. The summed E-state index contributed by atoms with van der Waals surface area (Å²) in [5, 5.41) is 3.79. The Labute approximate surface area is 151 Å². The van der Waals surface area contributed by atoms with Crippen molar-refractivity contribution in [3.8, 4) is 0 Å². The van der Waals surface area contributed by atoms with E-state index in [9.17, 15) is 4.79 Å². The standard InChI is InChI=1S/C18H24N6O2/c1-3-26-10-14-23-15-16(24(14)9-8-21-18(25)11(2)19)12-6-4-5-7-13(12)22-17(15)20/h4-7,11H,3,8-10,19H2,1-2H3,(H2,20,22)(H,21,25)/t11-/m0/s1. The van der Waals surface area contributed by atoms with E-state index in [0.717, 1.165) is 22.2 Å². The number of benzene rings is 1. The van der Waals surface area contributed by atoms with Gasteiger partial charge >= 0.3 is 0 Å². The van der Waals surface area contributed by atoms with Gasteiger partial charge in [-0.15, -0.1) is 0 Å². The van der Waals surface area contributed by atoms with Crippen LogP contribution in [0, 0.1) is 0 Å². The van der Waals surface area contributed by atoms with Crippen LogP contribution in [0.2, 0.25) is 0 Å². The van der Waals surface area contributed by atoms with Gasteiger partial charge in [0, 0.05) is 25.1 Å². The van der Waals surface area contributed by atoms with Crippen LogP contribution in [0.1, 0.15) is 19.7 Å². The minimum atomic E-state index is -0.543. The largest absolute Gasteiger partial charge is 0.382 e. The molecular formula is C18H24N6O2. The molecule has 0 spiro atoms. The molecule has 138 valence electrons. The number of fused-ring (bicyclic) bond motifs is 3. The summed E-state index contributed by atoms with van der Waals surface area (Å²) >= 11 is 0. The Morgan fingerprint density at radius 3 is 2.85 bits per heavy atom. The van der Waals surface area contributed by atoms with Crippen LogP contribution >= 0.6 is 0 Å². The maximum atomic E-state index is 11.7. The number of amides is 1. The van der Waals surface area contributed by atoms with Gasteiger partial charge in [-0.1, -0.05) is 18.2 Å². The zero-order chi connectivity index (χ0) is 18.7. The molecule has 1 atom stereocenters. The van der Waals surface area contributed by atoms with Crippen molar-refractivity contribution in [2.45, 2.75) is 33.0 Å². The molecule has 1 amide bonds. The fourth-order valence-electron chi connectivity index (χ4n) is 2.90. The molecular weight excluding hydrogens is 332 g/mol. The van der Waals surface area contributed by atoms with Crippen molar-refractivity contribution in [2.75, 3.05) is 18.9 Å². The maximum Gasteiger partial charge on any atom is 0.236 e. The number of ether oxygens (including phenoxy) is 1. The van der Waals surface area contributed by atoms with E-state index in [2.05, 4.69) is 15.3 Å². The van der Waals surface area contributed by atoms with Gasteiger partial charge in [-0.05, 0) is 19.9 Å². The SMILES string of the molecule is CCOCc1nc2c(N)nc3ccccc3c2n1CCNC(=O)[C@H](C)N. The van der Waals surface area contributed by atoms with Gasteiger partial charge in [0.1, 0.15) is 17.9 Å². The number of carbonyl (C=O) groups is 1. The lowest BCUT2D eigenvalue weighted by Crippen LogP contribution is -2.39. The lowest BCUT2D eigenvalue weighted by Gasteiger charge is -2.12. The molecule has 0 bridgehead atoms. The van der Waals surface area contributed by atoms with Crippen molar-refractivity contribution in [1.82, 2.24) is 19.9 Å². The van der Waals surface area contributed by atoms with Gasteiger partial charge in [0.05, 0.1) is 17.1 Å². The lowest BCUT2D eigenvalue weighted by molar-refractivity contribution is -0.122. The molecule has 2 aromatic heterocycles. The Balaban J connectivity index is 2.05. The Bertz CT molecular complexity index is 934. The number of anilines is 1. The van der Waals surface area contributed by atoms with E-state index in [1.54, 1.807) is 6.92 Å². The van der Waals surface area contributed by atoms with Crippen molar-refractivity contribution in [3.63, 3.8) is 0 Å². The molecule has 0 aliphatic heterocycles. The number of nitrogens with one attached hydrogen (secondary N) is 1. The highest BCUT2D eigenvalue weighted by Gasteiger charge is 2.17. The molecule has 3 aromatic rings. The predicted octanol–water partition coefficient (Wildman–Crippen LogP) is 1.17. The summed E-state index contributed by atoms with van der Waals surface area (Å²) in [4.78, 5) is 20.8. The van der Waals surface area contributed by atoms with E-state index in [1.807, 2.05) is 35.8 Å². The van der Waals surface area contributed by atoms with E-state index < -0.39 is 6.04 Å². The summed E-state index contributed by atoms with van der Waals surface area (Å²) in [5.74, 6) is 0.948. The van der Waals surface area contributed by atoms with Crippen LogP contribution < -0.4 is 16.8 Å². The number of pyridine rings is 1. The highest BCUT2D eigenvalue weighted by atomic mass is 16.5. The Kier molecular flexibility index (Phi) is 5.34. The van der Waals surface area contributed by atoms with Crippen LogP contribution in [0.4, 0.5) is 5.82 Å². The fourth-order valence-corrected chi connectivity index (χ4v) is 2.90. The molecule has 0 aliphatic rings. The number of imidazole rings is 1. The molecule has 0 unspecified atom stereocenters. The molecule has 3 rings (SSSR count). The molecule has 0 aliphatic carbocycles. The second-order valence-electron chi connectivity index (χ2n) is 6.11. The number of nitrogen functional groups attached to an aromatic ring is 1. The van der Waals surface area contributed by atoms with Gasteiger partial charge in [-0.2, -0.15) is 0 Å². The summed E-state index contributed by atoms with van der Waals surface area (Å²) in [5.41, 5.74) is 14.1. The van der Waals surface area contributed by atoms with Crippen molar-refractivity contribution in [2.24, 2.45) is 5.73 Å². The number of hydrogen-bond acceptors (Lipinski definition) is 6. The smallest absolute Gasteiger partial charge is 0.236 e. The number of hydrogen-bond donors (Lipinski definition) is 3. The summed E-state index contributed by atoms with van der Waals surface area (Å²) in [6, 6.07) is 7.25. The summed E-state index contributed by atoms with van der Waals surface area (Å²) < 4.78 is 7.59. The third-order valence-electron chi connectivity index (χ3n) is 4.17. The van der Waals surface area contributed by atoms with Gasteiger partial charge in [0.2, 0.25) is 5.91 Å². The third-order valence-corrected chi connectivity index (χ3v) is 4.17. The molecule has 0 fully saturated rings. The number of aromatic nitrogens is 3. The van der Waals surface area contributed by atoms with E-state index in [1.165, 1.54) is 0 Å². The first-order valence-electron chi connectivity index (χ1n) is 8.67. The van der Waals surface area contributed by atoms with Gasteiger partial charge in [-0.3, -0.25) is 4.79 Å². The van der Waals surface area contributed by atoms with Crippen molar-refractivity contribution >= 4 is 33.7 Å². The minimum absolute atomic E-state index is 0.188. The van der Waals surface area contributed by atoms with Crippen LogP contribution in [0.15, 0.2) is 24.3 Å². The number of nitrogens with two attached hydrogens (primary N) is 2. The summed E-state index contributed by atoms with van der Waals surface area (Å²) in [6.45, 7) is 5.50. The van der Waals surface area contributed by atoms with Crippen molar-refractivity contribution in [3.05, 3.63) is 30.1 Å². The van der Waals surface area contributed by atoms with Crippen molar-refractivity contribution in [1.29, 1.82) is 0 Å². The zero-order valence-corrected chi connectivity index (χ0v) is 15.0.